The highest BCUT2D eigenvalue weighted by Gasteiger charge is 1.99. The van der Waals surface area contributed by atoms with Crippen LogP contribution in [0.2, 0.25) is 0 Å². The van der Waals surface area contributed by atoms with Crippen LogP contribution < -0.4 is 20.5 Å². The molecule has 0 spiro atoms. The van der Waals surface area contributed by atoms with E-state index < -0.39 is 0 Å². The number of anilines is 2. The van der Waals surface area contributed by atoms with Gasteiger partial charge in [0, 0.05) is 11.8 Å². The highest BCUT2D eigenvalue weighted by molar-refractivity contribution is 5.43. The van der Waals surface area contributed by atoms with Crippen LogP contribution in [0.5, 0.6) is 11.6 Å². The Morgan fingerprint density at radius 2 is 2.15 bits per heavy atom. The number of nitrogen functional groups attached to an aromatic ring is 1. The first kappa shape index (κ1) is 13.9. The van der Waals surface area contributed by atoms with Crippen molar-refractivity contribution in [3.8, 4) is 11.6 Å². The molecule has 0 amide bonds. The molecule has 3 N–H and O–H groups in total. The third kappa shape index (κ3) is 4.31. The summed E-state index contributed by atoms with van der Waals surface area (Å²) in [6.45, 7) is 3.58. The van der Waals surface area contributed by atoms with E-state index in [1.807, 2.05) is 25.1 Å². The number of nitrogens with one attached hydrogen (secondary N) is 1. The summed E-state index contributed by atoms with van der Waals surface area (Å²) in [6, 6.07) is 7.33. The summed E-state index contributed by atoms with van der Waals surface area (Å²) in [5.74, 6) is 1.92. The maximum absolute atomic E-state index is 5.67. The quantitative estimate of drug-likeness (QED) is 0.593. The first-order chi connectivity index (χ1) is 9.78. The summed E-state index contributed by atoms with van der Waals surface area (Å²) < 4.78 is 10.8. The van der Waals surface area contributed by atoms with Gasteiger partial charge in [-0.3, -0.25) is 4.98 Å². The van der Waals surface area contributed by atoms with Crippen LogP contribution in [0.3, 0.4) is 0 Å². The number of rotatable bonds is 7. The largest absolute Gasteiger partial charge is 0.492 e. The Kier molecular flexibility index (Phi) is 5.00. The van der Waals surface area contributed by atoms with Crippen molar-refractivity contribution in [3.05, 3.63) is 36.7 Å². The average molecular weight is 274 g/mol. The standard InChI is InChI=1S/C14H18N4O2/c1-2-19-14-10-16-9-13(18-14)17-6-7-20-12-5-3-4-11(15)8-12/h3-5,8-10H,2,6-7,15H2,1H3,(H,17,18). The van der Waals surface area contributed by atoms with E-state index >= 15 is 0 Å². The van der Waals surface area contributed by atoms with Crippen molar-refractivity contribution in [1.82, 2.24) is 9.97 Å². The summed E-state index contributed by atoms with van der Waals surface area (Å²) in [5, 5.41) is 3.12. The first-order valence-electron chi connectivity index (χ1n) is 6.45. The molecule has 0 saturated carbocycles. The van der Waals surface area contributed by atoms with Crippen molar-refractivity contribution in [2.75, 3.05) is 30.8 Å². The van der Waals surface area contributed by atoms with E-state index in [2.05, 4.69) is 15.3 Å². The van der Waals surface area contributed by atoms with Gasteiger partial charge in [-0.15, -0.1) is 0 Å². The van der Waals surface area contributed by atoms with Gasteiger partial charge >= 0.3 is 0 Å². The summed E-state index contributed by atoms with van der Waals surface area (Å²) in [5.41, 5.74) is 6.36. The normalized spacial score (nSPS) is 10.1. The minimum absolute atomic E-state index is 0.504. The maximum Gasteiger partial charge on any atom is 0.234 e. The van der Waals surface area contributed by atoms with Crippen LogP contribution in [0.1, 0.15) is 6.92 Å². The Morgan fingerprint density at radius 3 is 2.95 bits per heavy atom. The molecule has 0 radical (unpaired) electrons. The molecule has 2 rings (SSSR count). The fraction of sp³-hybridized carbons (Fsp3) is 0.286. The number of hydrogen-bond donors (Lipinski definition) is 2. The second-order valence-corrected chi connectivity index (χ2v) is 4.02. The predicted molar refractivity (Wildman–Crippen MR) is 78.0 cm³/mol. The summed E-state index contributed by atoms with van der Waals surface area (Å²) in [4.78, 5) is 8.29. The number of aromatic nitrogens is 2. The molecular formula is C14H18N4O2. The van der Waals surface area contributed by atoms with Gasteiger partial charge in [-0.25, -0.2) is 0 Å². The van der Waals surface area contributed by atoms with E-state index in [1.165, 1.54) is 0 Å². The van der Waals surface area contributed by atoms with Crippen LogP contribution in [-0.2, 0) is 0 Å². The molecule has 6 heteroatoms. The maximum atomic E-state index is 5.67. The minimum atomic E-state index is 0.504. The van der Waals surface area contributed by atoms with Crippen molar-refractivity contribution in [1.29, 1.82) is 0 Å². The van der Waals surface area contributed by atoms with Crippen molar-refractivity contribution in [3.63, 3.8) is 0 Å². The topological polar surface area (TPSA) is 82.3 Å². The van der Waals surface area contributed by atoms with Crippen molar-refractivity contribution in [2.45, 2.75) is 6.92 Å². The smallest absolute Gasteiger partial charge is 0.234 e. The molecule has 1 heterocycles. The molecule has 0 aliphatic rings. The van der Waals surface area contributed by atoms with Gasteiger partial charge in [0.05, 0.1) is 25.5 Å². The second kappa shape index (κ2) is 7.18. The molecule has 1 aromatic carbocycles. The molecule has 0 atom stereocenters. The lowest BCUT2D eigenvalue weighted by molar-refractivity contribution is 0.324. The Hall–Kier alpha value is -2.50. The van der Waals surface area contributed by atoms with E-state index in [1.54, 1.807) is 18.5 Å². The number of nitrogens with zero attached hydrogens (tertiary/aromatic N) is 2. The molecule has 2 aromatic rings. The van der Waals surface area contributed by atoms with Gasteiger partial charge in [-0.05, 0) is 19.1 Å². The summed E-state index contributed by atoms with van der Waals surface area (Å²) in [7, 11) is 0. The molecule has 0 fully saturated rings. The number of nitrogens with two attached hydrogens (primary N) is 1. The van der Waals surface area contributed by atoms with Crippen molar-refractivity contribution >= 4 is 11.5 Å². The molecule has 6 nitrogen and oxygen atoms in total. The Labute approximate surface area is 118 Å². The Bertz CT molecular complexity index is 548. The van der Waals surface area contributed by atoms with Gasteiger partial charge in [0.2, 0.25) is 5.88 Å². The fourth-order valence-electron chi connectivity index (χ4n) is 1.60. The zero-order chi connectivity index (χ0) is 14.2. The summed E-state index contributed by atoms with van der Waals surface area (Å²) >= 11 is 0. The van der Waals surface area contributed by atoms with Crippen LogP contribution in [0.4, 0.5) is 11.5 Å². The Balaban J connectivity index is 1.77. The van der Waals surface area contributed by atoms with Crippen LogP contribution in [0.15, 0.2) is 36.7 Å². The zero-order valence-electron chi connectivity index (χ0n) is 11.4. The Morgan fingerprint density at radius 1 is 1.25 bits per heavy atom. The van der Waals surface area contributed by atoms with E-state index in [0.29, 0.717) is 37.1 Å². The lowest BCUT2D eigenvalue weighted by atomic mass is 10.3. The third-order valence-corrected chi connectivity index (χ3v) is 2.44. The molecule has 0 bridgehead atoms. The zero-order valence-corrected chi connectivity index (χ0v) is 11.4. The molecule has 0 saturated heterocycles. The van der Waals surface area contributed by atoms with Gasteiger partial charge in [0.1, 0.15) is 18.2 Å². The SMILES string of the molecule is CCOc1cncc(NCCOc2cccc(N)c2)n1. The molecule has 0 unspecified atom stereocenters. The monoisotopic (exact) mass is 274 g/mol. The average Bonchev–Trinajstić information content (AvgIpc) is 2.45. The third-order valence-electron chi connectivity index (χ3n) is 2.44. The van der Waals surface area contributed by atoms with Gasteiger partial charge in [-0.2, -0.15) is 4.98 Å². The molecule has 1 aromatic heterocycles. The van der Waals surface area contributed by atoms with Crippen LogP contribution in [0.25, 0.3) is 0 Å². The van der Waals surface area contributed by atoms with Crippen molar-refractivity contribution in [2.24, 2.45) is 0 Å². The lowest BCUT2D eigenvalue weighted by Crippen LogP contribution is -2.13. The molecule has 106 valence electrons. The molecular weight excluding hydrogens is 256 g/mol. The molecule has 20 heavy (non-hydrogen) atoms. The van der Waals surface area contributed by atoms with Crippen LogP contribution in [-0.4, -0.2) is 29.7 Å². The highest BCUT2D eigenvalue weighted by atomic mass is 16.5. The van der Waals surface area contributed by atoms with E-state index in [9.17, 15) is 0 Å². The minimum Gasteiger partial charge on any atom is -0.492 e. The van der Waals surface area contributed by atoms with Gasteiger partial charge in [-0.1, -0.05) is 6.07 Å². The van der Waals surface area contributed by atoms with Crippen molar-refractivity contribution < 1.29 is 9.47 Å². The summed E-state index contributed by atoms with van der Waals surface area (Å²) in [6.07, 6.45) is 3.22. The predicted octanol–water partition coefficient (Wildman–Crippen LogP) is 1.95. The first-order valence-corrected chi connectivity index (χ1v) is 6.45. The van der Waals surface area contributed by atoms with Crippen LogP contribution >= 0.6 is 0 Å². The number of benzene rings is 1. The van der Waals surface area contributed by atoms with E-state index in [0.717, 1.165) is 5.75 Å². The number of ether oxygens (including phenoxy) is 2. The highest BCUT2D eigenvalue weighted by Crippen LogP contribution is 2.14. The molecule has 0 aliphatic carbocycles. The van der Waals surface area contributed by atoms with Gasteiger partial charge in [0.15, 0.2) is 0 Å². The van der Waals surface area contributed by atoms with Gasteiger partial charge in [0.25, 0.3) is 0 Å². The fourth-order valence-corrected chi connectivity index (χ4v) is 1.60. The number of hydrogen-bond acceptors (Lipinski definition) is 6. The van der Waals surface area contributed by atoms with Gasteiger partial charge < -0.3 is 20.5 Å². The second-order valence-electron chi connectivity index (χ2n) is 4.02. The van der Waals surface area contributed by atoms with Crippen LogP contribution in [0, 0.1) is 0 Å². The van der Waals surface area contributed by atoms with E-state index in [4.69, 9.17) is 15.2 Å². The lowest BCUT2D eigenvalue weighted by Gasteiger charge is -2.09. The molecule has 0 aliphatic heterocycles. The van der Waals surface area contributed by atoms with E-state index in [-0.39, 0.29) is 0 Å².